The SMILES string of the molecule is Cc1cc(C(=O)Nc2cc3cc(Cl)ccc3[nH]c2=O)no1. The Morgan fingerprint density at radius 1 is 1.33 bits per heavy atom. The summed E-state index contributed by atoms with van der Waals surface area (Å²) in [6.07, 6.45) is 0. The van der Waals surface area contributed by atoms with Gasteiger partial charge in [0.05, 0.1) is 0 Å². The molecule has 3 rings (SSSR count). The molecule has 6 nitrogen and oxygen atoms in total. The lowest BCUT2D eigenvalue weighted by molar-refractivity contribution is 0.101. The number of aromatic nitrogens is 2. The number of fused-ring (bicyclic) bond motifs is 1. The van der Waals surface area contributed by atoms with Gasteiger partial charge in [0.15, 0.2) is 5.69 Å². The Morgan fingerprint density at radius 2 is 2.14 bits per heavy atom. The molecule has 0 aliphatic heterocycles. The average Bonchev–Trinajstić information content (AvgIpc) is 2.87. The van der Waals surface area contributed by atoms with Crippen LogP contribution in [0.15, 0.2) is 39.6 Å². The highest BCUT2D eigenvalue weighted by molar-refractivity contribution is 6.31. The third-order valence-electron chi connectivity index (χ3n) is 2.92. The Labute approximate surface area is 123 Å². The standard InChI is InChI=1S/C14H10ClN3O3/c1-7-4-12(18-21-7)14(20)17-11-6-8-5-9(15)2-3-10(8)16-13(11)19/h2-6H,1H3,(H,16,19)(H,17,20). The normalized spacial score (nSPS) is 10.8. The van der Waals surface area contributed by atoms with Crippen molar-refractivity contribution in [2.75, 3.05) is 5.32 Å². The molecular weight excluding hydrogens is 294 g/mol. The van der Waals surface area contributed by atoms with E-state index >= 15 is 0 Å². The lowest BCUT2D eigenvalue weighted by Crippen LogP contribution is -2.20. The topological polar surface area (TPSA) is 88.0 Å². The van der Waals surface area contributed by atoms with Crippen LogP contribution in [0.5, 0.6) is 0 Å². The van der Waals surface area contributed by atoms with Crippen molar-refractivity contribution in [2.24, 2.45) is 0 Å². The van der Waals surface area contributed by atoms with E-state index in [4.69, 9.17) is 16.1 Å². The summed E-state index contributed by atoms with van der Waals surface area (Å²) in [4.78, 5) is 26.6. The summed E-state index contributed by atoms with van der Waals surface area (Å²) in [6.45, 7) is 1.68. The van der Waals surface area contributed by atoms with Crippen molar-refractivity contribution in [3.8, 4) is 0 Å². The fourth-order valence-corrected chi connectivity index (χ4v) is 2.11. The Balaban J connectivity index is 1.98. The van der Waals surface area contributed by atoms with Gasteiger partial charge in [0.25, 0.3) is 11.5 Å². The van der Waals surface area contributed by atoms with Crippen LogP contribution >= 0.6 is 11.6 Å². The van der Waals surface area contributed by atoms with Crippen LogP contribution in [-0.4, -0.2) is 16.0 Å². The molecule has 21 heavy (non-hydrogen) atoms. The number of pyridine rings is 1. The molecule has 0 bridgehead atoms. The molecule has 2 N–H and O–H groups in total. The number of anilines is 1. The number of amides is 1. The van der Waals surface area contributed by atoms with Gasteiger partial charge in [-0.15, -0.1) is 0 Å². The van der Waals surface area contributed by atoms with Crippen molar-refractivity contribution in [1.29, 1.82) is 0 Å². The van der Waals surface area contributed by atoms with Gasteiger partial charge in [0, 0.05) is 22.0 Å². The van der Waals surface area contributed by atoms with Crippen LogP contribution in [0.4, 0.5) is 5.69 Å². The summed E-state index contributed by atoms with van der Waals surface area (Å²) < 4.78 is 4.83. The zero-order valence-corrected chi connectivity index (χ0v) is 11.7. The van der Waals surface area contributed by atoms with E-state index in [1.165, 1.54) is 6.07 Å². The fourth-order valence-electron chi connectivity index (χ4n) is 1.93. The van der Waals surface area contributed by atoms with Gasteiger partial charge in [0.2, 0.25) is 0 Å². The van der Waals surface area contributed by atoms with Gasteiger partial charge >= 0.3 is 0 Å². The molecule has 106 valence electrons. The minimum absolute atomic E-state index is 0.109. The quantitative estimate of drug-likeness (QED) is 0.762. The summed E-state index contributed by atoms with van der Waals surface area (Å²) in [5, 5.41) is 7.36. The number of hydrogen-bond donors (Lipinski definition) is 2. The second kappa shape index (κ2) is 5.06. The maximum absolute atomic E-state index is 12.0. The predicted octanol–water partition coefficient (Wildman–Crippen LogP) is 2.73. The molecule has 0 saturated carbocycles. The first kappa shape index (κ1) is 13.4. The molecule has 0 spiro atoms. The van der Waals surface area contributed by atoms with E-state index in [0.717, 1.165) is 0 Å². The molecule has 0 radical (unpaired) electrons. The number of aromatic amines is 1. The third-order valence-corrected chi connectivity index (χ3v) is 3.15. The molecule has 0 fully saturated rings. The Hall–Kier alpha value is -2.60. The Morgan fingerprint density at radius 3 is 2.86 bits per heavy atom. The molecule has 0 saturated heterocycles. The van der Waals surface area contributed by atoms with Crippen LogP contribution in [-0.2, 0) is 0 Å². The molecule has 7 heteroatoms. The highest BCUT2D eigenvalue weighted by Crippen LogP contribution is 2.19. The first-order valence-corrected chi connectivity index (χ1v) is 6.48. The average molecular weight is 304 g/mol. The summed E-state index contributed by atoms with van der Waals surface area (Å²) in [5.41, 5.74) is 0.464. The van der Waals surface area contributed by atoms with E-state index in [-0.39, 0.29) is 11.4 Å². The van der Waals surface area contributed by atoms with Crippen molar-refractivity contribution in [1.82, 2.24) is 10.1 Å². The van der Waals surface area contributed by atoms with Crippen LogP contribution in [0.1, 0.15) is 16.2 Å². The second-order valence-electron chi connectivity index (χ2n) is 4.52. The van der Waals surface area contributed by atoms with Gasteiger partial charge in [0.1, 0.15) is 11.4 Å². The van der Waals surface area contributed by atoms with E-state index in [0.29, 0.717) is 21.7 Å². The zero-order chi connectivity index (χ0) is 15.0. The summed E-state index contributed by atoms with van der Waals surface area (Å²) >= 11 is 5.91. The van der Waals surface area contributed by atoms with E-state index in [1.54, 1.807) is 31.2 Å². The number of halogens is 1. The predicted molar refractivity (Wildman–Crippen MR) is 78.8 cm³/mol. The number of aryl methyl sites for hydroxylation is 1. The van der Waals surface area contributed by atoms with Crippen molar-refractivity contribution < 1.29 is 9.32 Å². The summed E-state index contributed by atoms with van der Waals surface area (Å²) in [6, 6.07) is 8.12. The molecule has 2 aromatic heterocycles. The zero-order valence-electron chi connectivity index (χ0n) is 10.9. The minimum Gasteiger partial charge on any atom is -0.361 e. The molecular formula is C14H10ClN3O3. The Bertz CT molecular complexity index is 898. The number of hydrogen-bond acceptors (Lipinski definition) is 4. The second-order valence-corrected chi connectivity index (χ2v) is 4.96. The van der Waals surface area contributed by atoms with E-state index in [1.807, 2.05) is 0 Å². The van der Waals surface area contributed by atoms with Gasteiger partial charge in [-0.05, 0) is 31.2 Å². The molecule has 1 aromatic carbocycles. The Kier molecular flexibility index (Phi) is 3.23. The van der Waals surface area contributed by atoms with Crippen molar-refractivity contribution in [3.05, 3.63) is 57.2 Å². The number of nitrogens with one attached hydrogen (secondary N) is 2. The van der Waals surface area contributed by atoms with Crippen LogP contribution in [0.2, 0.25) is 5.02 Å². The van der Waals surface area contributed by atoms with Gasteiger partial charge < -0.3 is 14.8 Å². The first-order chi connectivity index (χ1) is 10.0. The maximum atomic E-state index is 12.0. The minimum atomic E-state index is -0.515. The van der Waals surface area contributed by atoms with E-state index in [2.05, 4.69) is 15.5 Å². The number of H-pyrrole nitrogens is 1. The molecule has 0 aliphatic rings. The molecule has 3 aromatic rings. The highest BCUT2D eigenvalue weighted by atomic mass is 35.5. The summed E-state index contributed by atoms with van der Waals surface area (Å²) in [5.74, 6) is -0.00178. The van der Waals surface area contributed by atoms with Crippen molar-refractivity contribution in [3.63, 3.8) is 0 Å². The van der Waals surface area contributed by atoms with E-state index in [9.17, 15) is 9.59 Å². The molecule has 0 unspecified atom stereocenters. The number of carbonyl (C=O) groups excluding carboxylic acids is 1. The molecule has 0 atom stereocenters. The van der Waals surface area contributed by atoms with Gasteiger partial charge in [-0.25, -0.2) is 0 Å². The molecule has 0 aliphatic carbocycles. The van der Waals surface area contributed by atoms with Crippen LogP contribution in [0, 0.1) is 6.92 Å². The highest BCUT2D eigenvalue weighted by Gasteiger charge is 2.13. The third kappa shape index (κ3) is 2.66. The van der Waals surface area contributed by atoms with Crippen molar-refractivity contribution >= 4 is 34.1 Å². The van der Waals surface area contributed by atoms with Crippen LogP contribution < -0.4 is 10.9 Å². The monoisotopic (exact) mass is 303 g/mol. The lowest BCUT2D eigenvalue weighted by Gasteiger charge is -2.04. The van der Waals surface area contributed by atoms with Crippen LogP contribution in [0.3, 0.4) is 0 Å². The van der Waals surface area contributed by atoms with Gasteiger partial charge in [-0.2, -0.15) is 0 Å². The number of carbonyl (C=O) groups is 1. The largest absolute Gasteiger partial charge is 0.361 e. The fraction of sp³-hybridized carbons (Fsp3) is 0.0714. The first-order valence-electron chi connectivity index (χ1n) is 6.10. The lowest BCUT2D eigenvalue weighted by atomic mass is 10.2. The number of rotatable bonds is 2. The maximum Gasteiger partial charge on any atom is 0.278 e. The van der Waals surface area contributed by atoms with Gasteiger partial charge in [-0.1, -0.05) is 16.8 Å². The molecule has 2 heterocycles. The number of nitrogens with zero attached hydrogens (tertiary/aromatic N) is 1. The number of benzene rings is 1. The van der Waals surface area contributed by atoms with Crippen LogP contribution in [0.25, 0.3) is 10.9 Å². The van der Waals surface area contributed by atoms with Gasteiger partial charge in [-0.3, -0.25) is 9.59 Å². The van der Waals surface area contributed by atoms with Crippen molar-refractivity contribution in [2.45, 2.75) is 6.92 Å². The smallest absolute Gasteiger partial charge is 0.278 e. The summed E-state index contributed by atoms with van der Waals surface area (Å²) in [7, 11) is 0. The van der Waals surface area contributed by atoms with E-state index < -0.39 is 11.5 Å². The molecule has 1 amide bonds.